The number of nitrogens with zero attached hydrogens (tertiary/aromatic N) is 3. The molecule has 0 aliphatic heterocycles. The van der Waals surface area contributed by atoms with Crippen molar-refractivity contribution >= 4 is 17.4 Å². The van der Waals surface area contributed by atoms with Gasteiger partial charge in [-0.15, -0.1) is 0 Å². The summed E-state index contributed by atoms with van der Waals surface area (Å²) in [6.45, 7) is 0. The Morgan fingerprint density at radius 1 is 1.39 bits per heavy atom. The van der Waals surface area contributed by atoms with E-state index in [1.165, 1.54) is 12.3 Å². The van der Waals surface area contributed by atoms with Crippen molar-refractivity contribution in [3.63, 3.8) is 0 Å². The van der Waals surface area contributed by atoms with Crippen LogP contribution in [-0.4, -0.2) is 24.1 Å². The van der Waals surface area contributed by atoms with Crippen LogP contribution in [0, 0.1) is 0 Å². The Balaban J connectivity index is 2.34. The van der Waals surface area contributed by atoms with Crippen molar-refractivity contribution in [2.24, 2.45) is 0 Å². The van der Waals surface area contributed by atoms with E-state index in [9.17, 15) is 4.39 Å². The van der Waals surface area contributed by atoms with E-state index < -0.39 is 0 Å². The minimum absolute atomic E-state index is 0.111. The molecule has 0 aromatic carbocycles. The standard InChI is InChI=1S/C12H13ClFN3O/c1-17(9-5-3-8(14)4-6-9)11-10(18-2)7-15-12(13)16-11/h3,5,7H,4,6H2,1-2H3. The summed E-state index contributed by atoms with van der Waals surface area (Å²) in [4.78, 5) is 9.83. The van der Waals surface area contributed by atoms with E-state index >= 15 is 0 Å². The monoisotopic (exact) mass is 269 g/mol. The van der Waals surface area contributed by atoms with Crippen LogP contribution in [0.25, 0.3) is 0 Å². The number of aromatic nitrogens is 2. The fourth-order valence-electron chi connectivity index (χ4n) is 1.74. The molecule has 0 saturated heterocycles. The van der Waals surface area contributed by atoms with Crippen LogP contribution in [0.15, 0.2) is 29.9 Å². The van der Waals surface area contributed by atoms with E-state index in [1.807, 2.05) is 11.9 Å². The molecule has 1 heterocycles. The lowest BCUT2D eigenvalue weighted by atomic mass is 10.1. The zero-order valence-corrected chi connectivity index (χ0v) is 10.9. The van der Waals surface area contributed by atoms with Crippen LogP contribution in [0.1, 0.15) is 12.8 Å². The van der Waals surface area contributed by atoms with Gasteiger partial charge < -0.3 is 9.64 Å². The highest BCUT2D eigenvalue weighted by atomic mass is 35.5. The molecule has 1 aliphatic carbocycles. The van der Waals surface area contributed by atoms with Crippen LogP contribution < -0.4 is 9.64 Å². The van der Waals surface area contributed by atoms with E-state index in [-0.39, 0.29) is 11.1 Å². The largest absolute Gasteiger partial charge is 0.491 e. The lowest BCUT2D eigenvalue weighted by Crippen LogP contribution is -2.20. The van der Waals surface area contributed by atoms with Crippen molar-refractivity contribution in [1.29, 1.82) is 0 Å². The molecule has 0 amide bonds. The topological polar surface area (TPSA) is 38.3 Å². The van der Waals surface area contributed by atoms with Gasteiger partial charge >= 0.3 is 0 Å². The molecule has 0 spiro atoms. The molecule has 0 radical (unpaired) electrons. The molecule has 96 valence electrons. The molecule has 0 fully saturated rings. The second kappa shape index (κ2) is 5.35. The Labute approximate surface area is 110 Å². The lowest BCUT2D eigenvalue weighted by molar-refractivity contribution is 0.411. The van der Waals surface area contributed by atoms with Crippen LogP contribution in [0.3, 0.4) is 0 Å². The third-order valence-corrected chi connectivity index (χ3v) is 2.93. The number of halogens is 2. The number of anilines is 1. The first kappa shape index (κ1) is 12.8. The van der Waals surface area contributed by atoms with Gasteiger partial charge in [-0.1, -0.05) is 0 Å². The molecular formula is C12H13ClFN3O. The summed E-state index contributed by atoms with van der Waals surface area (Å²) in [5.74, 6) is 0.983. The summed E-state index contributed by atoms with van der Waals surface area (Å²) in [6, 6.07) is 0. The van der Waals surface area contributed by atoms with Gasteiger partial charge in [0, 0.05) is 19.2 Å². The maximum atomic E-state index is 13.0. The van der Waals surface area contributed by atoms with Gasteiger partial charge in [0.25, 0.3) is 0 Å². The van der Waals surface area contributed by atoms with Crippen molar-refractivity contribution in [3.05, 3.63) is 35.2 Å². The van der Waals surface area contributed by atoms with Crippen LogP contribution in [0.5, 0.6) is 5.75 Å². The van der Waals surface area contributed by atoms with Gasteiger partial charge in [-0.05, 0) is 30.2 Å². The highest BCUT2D eigenvalue weighted by Crippen LogP contribution is 2.31. The van der Waals surface area contributed by atoms with Gasteiger partial charge in [-0.25, -0.2) is 9.37 Å². The van der Waals surface area contributed by atoms with Gasteiger partial charge in [0.15, 0.2) is 11.6 Å². The summed E-state index contributed by atoms with van der Waals surface area (Å²) in [6.07, 6.45) is 5.72. The van der Waals surface area contributed by atoms with E-state index in [4.69, 9.17) is 16.3 Å². The Hall–Kier alpha value is -1.62. The molecule has 2 rings (SSSR count). The lowest BCUT2D eigenvalue weighted by Gasteiger charge is -2.24. The molecule has 0 N–H and O–H groups in total. The third kappa shape index (κ3) is 2.61. The van der Waals surface area contributed by atoms with E-state index in [0.29, 0.717) is 24.4 Å². The smallest absolute Gasteiger partial charge is 0.224 e. The molecule has 1 aromatic heterocycles. The Bertz CT molecular complexity index is 516. The van der Waals surface area contributed by atoms with E-state index in [1.54, 1.807) is 13.2 Å². The highest BCUT2D eigenvalue weighted by Gasteiger charge is 2.17. The SMILES string of the molecule is COc1cnc(Cl)nc1N(C)C1=CC=C(F)CC1. The second-order valence-corrected chi connectivity index (χ2v) is 4.20. The summed E-state index contributed by atoms with van der Waals surface area (Å²) in [7, 11) is 3.38. The third-order valence-electron chi connectivity index (χ3n) is 2.75. The minimum Gasteiger partial charge on any atom is -0.491 e. The molecule has 6 heteroatoms. The van der Waals surface area contributed by atoms with Crippen molar-refractivity contribution in [1.82, 2.24) is 9.97 Å². The maximum absolute atomic E-state index is 13.0. The summed E-state index contributed by atoms with van der Waals surface area (Å²) >= 11 is 5.78. The maximum Gasteiger partial charge on any atom is 0.224 e. The molecule has 0 unspecified atom stereocenters. The van der Waals surface area contributed by atoms with Crippen molar-refractivity contribution in [3.8, 4) is 5.75 Å². The van der Waals surface area contributed by atoms with Crippen LogP contribution in [0.4, 0.5) is 10.2 Å². The first-order chi connectivity index (χ1) is 8.61. The van der Waals surface area contributed by atoms with Gasteiger partial charge in [0.1, 0.15) is 5.83 Å². The predicted octanol–water partition coefficient (Wildman–Crippen LogP) is 3.11. The molecule has 4 nitrogen and oxygen atoms in total. The van der Waals surface area contributed by atoms with Gasteiger partial charge in [0.2, 0.25) is 5.28 Å². The first-order valence-corrected chi connectivity index (χ1v) is 5.85. The van der Waals surface area contributed by atoms with Gasteiger partial charge in [0.05, 0.1) is 13.3 Å². The Kier molecular flexibility index (Phi) is 3.81. The molecule has 18 heavy (non-hydrogen) atoms. The van der Waals surface area contributed by atoms with Crippen molar-refractivity contribution < 1.29 is 9.13 Å². The van der Waals surface area contributed by atoms with E-state index in [2.05, 4.69) is 9.97 Å². The fraction of sp³-hybridized carbons (Fsp3) is 0.333. The van der Waals surface area contributed by atoms with Crippen molar-refractivity contribution in [2.45, 2.75) is 12.8 Å². The predicted molar refractivity (Wildman–Crippen MR) is 68.5 cm³/mol. The molecular weight excluding hydrogens is 257 g/mol. The fourth-order valence-corrected chi connectivity index (χ4v) is 1.87. The molecule has 1 aliphatic rings. The van der Waals surface area contributed by atoms with Crippen molar-refractivity contribution in [2.75, 3.05) is 19.1 Å². The average molecular weight is 270 g/mol. The Morgan fingerprint density at radius 3 is 2.78 bits per heavy atom. The quantitative estimate of drug-likeness (QED) is 0.791. The number of rotatable bonds is 3. The summed E-state index contributed by atoms with van der Waals surface area (Å²) in [5.41, 5.74) is 0.949. The molecule has 0 atom stereocenters. The zero-order valence-electron chi connectivity index (χ0n) is 10.2. The second-order valence-electron chi connectivity index (χ2n) is 3.86. The normalized spacial score (nSPS) is 14.9. The first-order valence-electron chi connectivity index (χ1n) is 5.47. The van der Waals surface area contributed by atoms with Crippen LogP contribution in [0.2, 0.25) is 5.28 Å². The van der Waals surface area contributed by atoms with E-state index in [0.717, 1.165) is 5.70 Å². The number of methoxy groups -OCH3 is 1. The highest BCUT2D eigenvalue weighted by molar-refractivity contribution is 6.28. The van der Waals surface area contributed by atoms with Crippen LogP contribution >= 0.6 is 11.6 Å². The molecule has 0 saturated carbocycles. The number of hydrogen-bond acceptors (Lipinski definition) is 4. The van der Waals surface area contributed by atoms with Crippen LogP contribution in [-0.2, 0) is 0 Å². The summed E-state index contributed by atoms with van der Waals surface area (Å²) in [5, 5.41) is 0.149. The molecule has 0 bridgehead atoms. The number of hydrogen-bond donors (Lipinski definition) is 0. The number of allylic oxidation sites excluding steroid dienone is 4. The van der Waals surface area contributed by atoms with Gasteiger partial charge in [-0.2, -0.15) is 4.98 Å². The Morgan fingerprint density at radius 2 is 2.17 bits per heavy atom. The number of ether oxygens (including phenoxy) is 1. The molecule has 1 aromatic rings. The average Bonchev–Trinajstić information content (AvgIpc) is 2.39. The zero-order chi connectivity index (χ0) is 13.1. The summed E-state index contributed by atoms with van der Waals surface area (Å²) < 4.78 is 18.2. The minimum atomic E-state index is -0.111. The van der Waals surface area contributed by atoms with Gasteiger partial charge in [-0.3, -0.25) is 0 Å².